The summed E-state index contributed by atoms with van der Waals surface area (Å²) in [6.07, 6.45) is 3.00. The molecule has 0 atom stereocenters. The van der Waals surface area contributed by atoms with Crippen LogP contribution in [-0.4, -0.2) is 9.97 Å². The van der Waals surface area contributed by atoms with Crippen molar-refractivity contribution in [1.29, 1.82) is 5.26 Å². The van der Waals surface area contributed by atoms with Crippen LogP contribution in [0.1, 0.15) is 5.56 Å². The summed E-state index contributed by atoms with van der Waals surface area (Å²) in [5.41, 5.74) is 6.80. The largest absolute Gasteiger partial charge is 0.382 e. The van der Waals surface area contributed by atoms with E-state index in [-0.39, 0.29) is 0 Å². The second-order valence-electron chi connectivity index (χ2n) is 3.14. The van der Waals surface area contributed by atoms with E-state index in [1.807, 2.05) is 6.07 Å². The molecule has 2 rings (SSSR count). The van der Waals surface area contributed by atoms with Crippen molar-refractivity contribution in [3.63, 3.8) is 0 Å². The smallest absolute Gasteiger partial charge is 0.149 e. The number of anilines is 3. The number of nitrogen functional groups attached to an aromatic ring is 1. The molecule has 0 spiro atoms. The lowest BCUT2D eigenvalue weighted by Crippen LogP contribution is -1.97. The summed E-state index contributed by atoms with van der Waals surface area (Å²) in [6, 6.07) is 9.18. The maximum Gasteiger partial charge on any atom is 0.149 e. The zero-order valence-electron chi connectivity index (χ0n) is 8.38. The number of rotatable bonds is 2. The van der Waals surface area contributed by atoms with Crippen LogP contribution in [0.15, 0.2) is 36.7 Å². The van der Waals surface area contributed by atoms with E-state index in [4.69, 9.17) is 11.0 Å². The van der Waals surface area contributed by atoms with E-state index in [2.05, 4.69) is 21.4 Å². The maximum absolute atomic E-state index is 8.74. The van der Waals surface area contributed by atoms with Crippen LogP contribution in [0, 0.1) is 11.3 Å². The summed E-state index contributed by atoms with van der Waals surface area (Å²) in [7, 11) is 0. The number of benzene rings is 1. The van der Waals surface area contributed by atoms with Crippen molar-refractivity contribution < 1.29 is 0 Å². The Balaban J connectivity index is 2.21. The Kier molecular flexibility index (Phi) is 2.65. The highest BCUT2D eigenvalue weighted by molar-refractivity contribution is 5.58. The Morgan fingerprint density at radius 2 is 2.12 bits per heavy atom. The molecule has 78 valence electrons. The van der Waals surface area contributed by atoms with Gasteiger partial charge in [-0.25, -0.2) is 9.97 Å². The first-order valence-electron chi connectivity index (χ1n) is 4.62. The molecule has 0 aliphatic carbocycles. The van der Waals surface area contributed by atoms with Crippen LogP contribution in [0.5, 0.6) is 0 Å². The minimum Gasteiger partial charge on any atom is -0.382 e. The number of aromatic nitrogens is 2. The first-order valence-corrected chi connectivity index (χ1v) is 4.62. The van der Waals surface area contributed by atoms with Gasteiger partial charge in [-0.2, -0.15) is 5.26 Å². The summed E-state index contributed by atoms with van der Waals surface area (Å²) < 4.78 is 0. The third kappa shape index (κ3) is 2.25. The quantitative estimate of drug-likeness (QED) is 0.788. The molecule has 2 aromatic rings. The van der Waals surface area contributed by atoms with Crippen molar-refractivity contribution in [2.45, 2.75) is 0 Å². The predicted octanol–water partition coefficient (Wildman–Crippen LogP) is 1.67. The van der Waals surface area contributed by atoms with Crippen LogP contribution < -0.4 is 11.1 Å². The molecule has 0 aliphatic rings. The highest BCUT2D eigenvalue weighted by atomic mass is 15.0. The first kappa shape index (κ1) is 9.93. The Labute approximate surface area is 92.6 Å². The van der Waals surface area contributed by atoms with Crippen molar-refractivity contribution >= 4 is 17.3 Å². The number of nitrogens with two attached hydrogens (primary N) is 1. The van der Waals surface area contributed by atoms with Crippen molar-refractivity contribution in [3.8, 4) is 6.07 Å². The topological polar surface area (TPSA) is 87.6 Å². The highest BCUT2D eigenvalue weighted by Gasteiger charge is 1.97. The van der Waals surface area contributed by atoms with Gasteiger partial charge in [-0.05, 0) is 18.2 Å². The van der Waals surface area contributed by atoms with Crippen molar-refractivity contribution in [2.24, 2.45) is 0 Å². The van der Waals surface area contributed by atoms with Gasteiger partial charge in [-0.1, -0.05) is 6.07 Å². The van der Waals surface area contributed by atoms with Gasteiger partial charge >= 0.3 is 0 Å². The molecule has 5 heteroatoms. The van der Waals surface area contributed by atoms with E-state index < -0.39 is 0 Å². The van der Waals surface area contributed by atoms with Crippen molar-refractivity contribution in [2.75, 3.05) is 11.1 Å². The third-order valence-corrected chi connectivity index (χ3v) is 1.94. The van der Waals surface area contributed by atoms with Gasteiger partial charge in [0.2, 0.25) is 0 Å². The summed E-state index contributed by atoms with van der Waals surface area (Å²) in [5.74, 6) is 0.959. The second kappa shape index (κ2) is 4.28. The minimum atomic E-state index is 0.372. The molecule has 1 aromatic heterocycles. The van der Waals surface area contributed by atoms with Gasteiger partial charge in [0.25, 0.3) is 0 Å². The van der Waals surface area contributed by atoms with Gasteiger partial charge in [0.05, 0.1) is 24.0 Å². The van der Waals surface area contributed by atoms with Gasteiger partial charge in [-0.3, -0.25) is 0 Å². The lowest BCUT2D eigenvalue weighted by atomic mass is 10.2. The Morgan fingerprint density at radius 1 is 1.25 bits per heavy atom. The van der Waals surface area contributed by atoms with E-state index >= 15 is 0 Å². The average molecular weight is 211 g/mol. The molecule has 16 heavy (non-hydrogen) atoms. The molecule has 5 nitrogen and oxygen atoms in total. The van der Waals surface area contributed by atoms with Crippen LogP contribution >= 0.6 is 0 Å². The fraction of sp³-hybridized carbons (Fsp3) is 0. The summed E-state index contributed by atoms with van der Waals surface area (Å²) >= 11 is 0. The molecule has 0 saturated carbocycles. The second-order valence-corrected chi connectivity index (χ2v) is 3.14. The zero-order valence-corrected chi connectivity index (χ0v) is 8.38. The monoisotopic (exact) mass is 211 g/mol. The van der Waals surface area contributed by atoms with Crippen LogP contribution in [0.2, 0.25) is 0 Å². The van der Waals surface area contributed by atoms with E-state index in [0.29, 0.717) is 17.2 Å². The molecular formula is C11H9N5. The SMILES string of the molecule is N#Cc1cccc(Nc2cnc(N)cn2)c1. The number of nitrogens with zero attached hydrogens (tertiary/aromatic N) is 3. The van der Waals surface area contributed by atoms with E-state index in [1.54, 1.807) is 18.2 Å². The fourth-order valence-electron chi connectivity index (χ4n) is 1.22. The number of hydrogen-bond donors (Lipinski definition) is 2. The van der Waals surface area contributed by atoms with Gasteiger partial charge in [0.1, 0.15) is 11.6 Å². The lowest BCUT2D eigenvalue weighted by Gasteiger charge is -2.04. The molecule has 0 unspecified atom stereocenters. The van der Waals surface area contributed by atoms with Gasteiger partial charge in [0.15, 0.2) is 0 Å². The highest BCUT2D eigenvalue weighted by Crippen LogP contribution is 2.14. The molecule has 0 fully saturated rings. The average Bonchev–Trinajstić information content (AvgIpc) is 2.32. The number of hydrogen-bond acceptors (Lipinski definition) is 5. The standard InChI is InChI=1S/C11H9N5/c12-5-8-2-1-3-9(4-8)16-11-7-14-10(13)6-15-11/h1-4,6-7H,(H2,13,14)(H,15,16). The van der Waals surface area contributed by atoms with E-state index in [1.165, 1.54) is 12.4 Å². The number of nitriles is 1. The van der Waals surface area contributed by atoms with Gasteiger partial charge < -0.3 is 11.1 Å². The van der Waals surface area contributed by atoms with Crippen molar-refractivity contribution in [3.05, 3.63) is 42.2 Å². The van der Waals surface area contributed by atoms with Crippen molar-refractivity contribution in [1.82, 2.24) is 9.97 Å². The summed E-state index contributed by atoms with van der Waals surface area (Å²) in [6.45, 7) is 0. The van der Waals surface area contributed by atoms with Gasteiger partial charge in [0, 0.05) is 5.69 Å². The maximum atomic E-state index is 8.74. The molecular weight excluding hydrogens is 202 g/mol. The van der Waals surface area contributed by atoms with E-state index in [9.17, 15) is 0 Å². The Morgan fingerprint density at radius 3 is 2.81 bits per heavy atom. The Hall–Kier alpha value is -2.61. The molecule has 0 amide bonds. The molecule has 0 radical (unpaired) electrons. The summed E-state index contributed by atoms with van der Waals surface area (Å²) in [5, 5.41) is 11.8. The lowest BCUT2D eigenvalue weighted by molar-refractivity contribution is 1.21. The Bertz CT molecular complexity index is 527. The molecule has 0 aliphatic heterocycles. The number of nitrogens with one attached hydrogen (secondary N) is 1. The normalized spacial score (nSPS) is 9.44. The minimum absolute atomic E-state index is 0.372. The predicted molar refractivity (Wildman–Crippen MR) is 60.9 cm³/mol. The van der Waals surface area contributed by atoms with Crippen LogP contribution in [0.25, 0.3) is 0 Å². The molecule has 3 N–H and O–H groups in total. The van der Waals surface area contributed by atoms with Crippen LogP contribution in [0.3, 0.4) is 0 Å². The zero-order chi connectivity index (χ0) is 11.4. The van der Waals surface area contributed by atoms with Crippen LogP contribution in [0.4, 0.5) is 17.3 Å². The molecule has 1 aromatic carbocycles. The molecule has 1 heterocycles. The van der Waals surface area contributed by atoms with Crippen LogP contribution in [-0.2, 0) is 0 Å². The first-order chi connectivity index (χ1) is 7.78. The molecule has 0 bridgehead atoms. The third-order valence-electron chi connectivity index (χ3n) is 1.94. The van der Waals surface area contributed by atoms with Gasteiger partial charge in [-0.15, -0.1) is 0 Å². The summed E-state index contributed by atoms with van der Waals surface area (Å²) in [4.78, 5) is 7.95. The van der Waals surface area contributed by atoms with E-state index in [0.717, 1.165) is 5.69 Å². The molecule has 0 saturated heterocycles. The fourth-order valence-corrected chi connectivity index (χ4v) is 1.22.